The van der Waals surface area contributed by atoms with Crippen LogP contribution >= 0.6 is 0 Å². The summed E-state index contributed by atoms with van der Waals surface area (Å²) >= 11 is 0. The minimum absolute atomic E-state index is 0.0215. The highest BCUT2D eigenvalue weighted by Gasteiger charge is 2.29. The Morgan fingerprint density at radius 1 is 0.878 bits per heavy atom. The number of anilines is 1. The zero-order valence-corrected chi connectivity index (χ0v) is 24.7. The quantitative estimate of drug-likeness (QED) is 0.224. The van der Waals surface area contributed by atoms with Gasteiger partial charge in [0.1, 0.15) is 17.4 Å². The Kier molecular flexibility index (Phi) is 8.84. The zero-order chi connectivity index (χ0) is 29.9. The largest absolute Gasteiger partial charge is 0.490 e. The van der Waals surface area contributed by atoms with Gasteiger partial charge >= 0.3 is 5.97 Å². The van der Waals surface area contributed by atoms with Crippen molar-refractivity contribution in [2.24, 2.45) is 5.92 Å². The van der Waals surface area contributed by atoms with E-state index < -0.39 is 22.0 Å². The molecule has 0 fully saturated rings. The van der Waals surface area contributed by atoms with E-state index >= 15 is 0 Å². The molecule has 3 aromatic carbocycles. The maximum Gasteiger partial charge on any atom is 0.324 e. The van der Waals surface area contributed by atoms with Gasteiger partial charge in [0.05, 0.1) is 23.5 Å². The molecule has 216 valence electrons. The van der Waals surface area contributed by atoms with Gasteiger partial charge in [-0.2, -0.15) is 4.72 Å². The lowest BCUT2D eigenvalue weighted by Gasteiger charge is -2.19. The monoisotopic (exact) mass is 578 g/mol. The van der Waals surface area contributed by atoms with E-state index in [-0.39, 0.29) is 28.6 Å². The van der Waals surface area contributed by atoms with Crippen molar-refractivity contribution in [3.8, 4) is 16.9 Å². The number of esters is 1. The second kappa shape index (κ2) is 12.2. The predicted molar refractivity (Wildman–Crippen MR) is 158 cm³/mol. The van der Waals surface area contributed by atoms with Crippen LogP contribution in [0.5, 0.6) is 5.75 Å². The van der Waals surface area contributed by atoms with Crippen LogP contribution < -0.4 is 14.8 Å². The van der Waals surface area contributed by atoms with E-state index in [1.165, 1.54) is 19.2 Å². The second-order valence-electron chi connectivity index (χ2n) is 10.3. The van der Waals surface area contributed by atoms with Crippen molar-refractivity contribution in [1.29, 1.82) is 0 Å². The average molecular weight is 579 g/mol. The highest BCUT2D eigenvalue weighted by atomic mass is 32.2. The molecule has 4 rings (SSSR count). The van der Waals surface area contributed by atoms with Gasteiger partial charge in [0.2, 0.25) is 10.0 Å². The number of hydrogen-bond acceptors (Lipinski definition) is 7. The van der Waals surface area contributed by atoms with Crippen LogP contribution in [-0.4, -0.2) is 39.5 Å². The number of carbonyl (C=O) groups is 2. The Hall–Kier alpha value is -4.15. The Balaban J connectivity index is 1.48. The van der Waals surface area contributed by atoms with Crippen LogP contribution in [0.15, 0.2) is 76.0 Å². The molecule has 0 aliphatic rings. The molecule has 0 aliphatic heterocycles. The summed E-state index contributed by atoms with van der Waals surface area (Å²) in [7, 11) is -2.72. The Labute approximate surface area is 239 Å². The van der Waals surface area contributed by atoms with Crippen molar-refractivity contribution in [3.05, 3.63) is 78.1 Å². The summed E-state index contributed by atoms with van der Waals surface area (Å²) in [6.07, 6.45) is -0.0215. The van der Waals surface area contributed by atoms with Gasteiger partial charge < -0.3 is 19.2 Å². The number of fused-ring (bicyclic) bond motifs is 1. The van der Waals surface area contributed by atoms with Gasteiger partial charge in [-0.15, -0.1) is 0 Å². The summed E-state index contributed by atoms with van der Waals surface area (Å²) in [4.78, 5) is 25.1. The molecule has 41 heavy (non-hydrogen) atoms. The maximum atomic E-state index is 13.1. The number of benzene rings is 3. The normalized spacial score (nSPS) is 12.5. The van der Waals surface area contributed by atoms with E-state index in [9.17, 15) is 18.0 Å². The average Bonchev–Trinajstić information content (AvgIpc) is 3.28. The zero-order valence-electron chi connectivity index (χ0n) is 23.8. The van der Waals surface area contributed by atoms with E-state index in [2.05, 4.69) is 10.0 Å². The number of aryl methyl sites for hydroxylation is 1. The molecular formula is C31H34N2O7S. The molecule has 0 unspecified atom stereocenters. The van der Waals surface area contributed by atoms with Crippen LogP contribution in [0.4, 0.5) is 5.69 Å². The predicted octanol–water partition coefficient (Wildman–Crippen LogP) is 5.92. The molecule has 1 amide bonds. The summed E-state index contributed by atoms with van der Waals surface area (Å²) in [6.45, 7) is 9.17. The summed E-state index contributed by atoms with van der Waals surface area (Å²) in [6, 6.07) is 18.0. The molecule has 10 heteroatoms. The van der Waals surface area contributed by atoms with Gasteiger partial charge in [-0.1, -0.05) is 44.2 Å². The lowest BCUT2D eigenvalue weighted by atomic mass is 10.1. The number of nitrogens with one attached hydrogen (secondary N) is 2. The standard InChI is InChI=1S/C31H34N2O7S/c1-18(2)28(31(35)38-6)33-41(36,37)24-16-12-22(13-17-24)21-10-14-23(15-11-21)32-30(34)29-20(5)27-25(39-19(3)4)8-7-9-26(27)40-29/h7-19,28,33H,1-6H3,(H,32,34)/t28-/m0/s1. The first kappa shape index (κ1) is 29.8. The van der Waals surface area contributed by atoms with Gasteiger partial charge in [0, 0.05) is 11.3 Å². The number of sulfonamides is 1. The molecule has 0 bridgehead atoms. The molecule has 0 spiro atoms. The Morgan fingerprint density at radius 2 is 1.49 bits per heavy atom. The lowest BCUT2D eigenvalue weighted by molar-refractivity contribution is -0.143. The van der Waals surface area contributed by atoms with Crippen LogP contribution in [0.1, 0.15) is 43.8 Å². The number of furan rings is 1. The van der Waals surface area contributed by atoms with Crippen molar-refractivity contribution in [1.82, 2.24) is 4.72 Å². The van der Waals surface area contributed by atoms with Crippen molar-refractivity contribution in [2.45, 2.75) is 51.7 Å². The summed E-state index contributed by atoms with van der Waals surface area (Å²) < 4.78 is 44.6. The van der Waals surface area contributed by atoms with Gasteiger partial charge in [-0.25, -0.2) is 8.42 Å². The first-order chi connectivity index (χ1) is 19.4. The molecule has 0 saturated heterocycles. The smallest absolute Gasteiger partial charge is 0.324 e. The molecule has 9 nitrogen and oxygen atoms in total. The highest BCUT2D eigenvalue weighted by Crippen LogP contribution is 2.34. The number of methoxy groups -OCH3 is 1. The van der Waals surface area contributed by atoms with Crippen molar-refractivity contribution < 1.29 is 31.9 Å². The highest BCUT2D eigenvalue weighted by molar-refractivity contribution is 7.89. The van der Waals surface area contributed by atoms with Crippen LogP contribution in [-0.2, 0) is 19.6 Å². The molecule has 1 heterocycles. The minimum atomic E-state index is -3.94. The number of hydrogen-bond donors (Lipinski definition) is 2. The molecule has 0 radical (unpaired) electrons. The molecule has 1 atom stereocenters. The van der Waals surface area contributed by atoms with Gasteiger partial charge in [0.15, 0.2) is 5.76 Å². The van der Waals surface area contributed by atoms with E-state index in [1.807, 2.05) is 45.0 Å². The molecular weight excluding hydrogens is 544 g/mol. The number of rotatable bonds is 10. The van der Waals surface area contributed by atoms with E-state index in [0.29, 0.717) is 22.6 Å². The Morgan fingerprint density at radius 3 is 2.05 bits per heavy atom. The maximum absolute atomic E-state index is 13.1. The molecule has 2 N–H and O–H groups in total. The number of amides is 1. The fourth-order valence-corrected chi connectivity index (χ4v) is 5.75. The first-order valence-electron chi connectivity index (χ1n) is 13.2. The Bertz CT molecular complexity index is 1660. The summed E-state index contributed by atoms with van der Waals surface area (Å²) in [5.41, 5.74) is 3.45. The third-order valence-electron chi connectivity index (χ3n) is 6.53. The SMILES string of the molecule is COC(=O)[C@@H](NS(=O)(=O)c1ccc(-c2ccc(NC(=O)c3oc4cccc(OC(C)C)c4c3C)cc2)cc1)C(C)C. The fourth-order valence-electron chi connectivity index (χ4n) is 4.41. The molecule has 0 aliphatic carbocycles. The summed E-state index contributed by atoms with van der Waals surface area (Å²) in [5.74, 6) is -0.438. The van der Waals surface area contributed by atoms with Crippen LogP contribution in [0.2, 0.25) is 0 Å². The van der Waals surface area contributed by atoms with Crippen LogP contribution in [0, 0.1) is 12.8 Å². The van der Waals surface area contributed by atoms with Crippen LogP contribution in [0.3, 0.4) is 0 Å². The minimum Gasteiger partial charge on any atom is -0.490 e. The topological polar surface area (TPSA) is 124 Å². The van der Waals surface area contributed by atoms with Crippen molar-refractivity contribution in [3.63, 3.8) is 0 Å². The third-order valence-corrected chi connectivity index (χ3v) is 7.99. The summed E-state index contributed by atoms with van der Waals surface area (Å²) in [5, 5.41) is 3.64. The van der Waals surface area contributed by atoms with Crippen molar-refractivity contribution >= 4 is 38.6 Å². The molecule has 4 aromatic rings. The fraction of sp³-hybridized carbons (Fsp3) is 0.290. The third kappa shape index (κ3) is 6.61. The van der Waals surface area contributed by atoms with Crippen molar-refractivity contribution in [2.75, 3.05) is 12.4 Å². The van der Waals surface area contributed by atoms with Gasteiger partial charge in [0.25, 0.3) is 5.91 Å². The second-order valence-corrected chi connectivity index (χ2v) is 12.0. The molecule has 0 saturated carbocycles. The number of ether oxygens (including phenoxy) is 2. The first-order valence-corrected chi connectivity index (χ1v) is 14.7. The van der Waals surface area contributed by atoms with E-state index in [4.69, 9.17) is 13.9 Å². The van der Waals surface area contributed by atoms with Gasteiger partial charge in [-0.3, -0.25) is 9.59 Å². The lowest BCUT2D eigenvalue weighted by Crippen LogP contribution is -2.44. The van der Waals surface area contributed by atoms with Gasteiger partial charge in [-0.05, 0) is 74.2 Å². The van der Waals surface area contributed by atoms with E-state index in [1.54, 1.807) is 44.2 Å². The van der Waals surface area contributed by atoms with Crippen LogP contribution in [0.25, 0.3) is 22.1 Å². The van der Waals surface area contributed by atoms with E-state index in [0.717, 1.165) is 16.5 Å². The molecule has 1 aromatic heterocycles. The number of carbonyl (C=O) groups excluding carboxylic acids is 2.